The number of carbonyl (C=O) groups is 1. The number of hydrogen-bond acceptors (Lipinski definition) is 4. The zero-order chi connectivity index (χ0) is 15.9. The van der Waals surface area contributed by atoms with Gasteiger partial charge in [0, 0.05) is 0 Å². The molecule has 4 nitrogen and oxygen atoms in total. The van der Waals surface area contributed by atoms with Gasteiger partial charge in [-0.1, -0.05) is 30.4 Å². The third-order valence-electron chi connectivity index (χ3n) is 2.95. The molecule has 112 valence electrons. The summed E-state index contributed by atoms with van der Waals surface area (Å²) >= 11 is 0. The maximum atomic E-state index is 11.8. The fourth-order valence-corrected chi connectivity index (χ4v) is 1.84. The Labute approximate surface area is 128 Å². The number of methoxy groups -OCH3 is 1. The lowest BCUT2D eigenvalue weighted by Crippen LogP contribution is -1.86. The monoisotopic (exact) mass is 296 g/mol. The van der Waals surface area contributed by atoms with Crippen LogP contribution < -0.4 is 4.74 Å². The number of phenolic OH excluding ortho intramolecular Hbond substituents is 2. The molecule has 4 heteroatoms. The fourth-order valence-electron chi connectivity index (χ4n) is 1.84. The lowest BCUT2D eigenvalue weighted by Gasteiger charge is -2.03. The molecule has 0 aliphatic heterocycles. The van der Waals surface area contributed by atoms with Gasteiger partial charge in [-0.25, -0.2) is 0 Å². The number of benzene rings is 2. The summed E-state index contributed by atoms with van der Waals surface area (Å²) in [4.78, 5) is 11.8. The van der Waals surface area contributed by atoms with Gasteiger partial charge in [-0.2, -0.15) is 0 Å². The smallest absolute Gasteiger partial charge is 0.178 e. The van der Waals surface area contributed by atoms with Crippen LogP contribution in [0, 0.1) is 0 Å². The van der Waals surface area contributed by atoms with Crippen molar-refractivity contribution in [2.24, 2.45) is 0 Å². The second-order valence-corrected chi connectivity index (χ2v) is 4.60. The Morgan fingerprint density at radius 2 is 1.68 bits per heavy atom. The first-order valence-corrected chi connectivity index (χ1v) is 6.64. The van der Waals surface area contributed by atoms with Crippen molar-refractivity contribution in [2.45, 2.75) is 0 Å². The van der Waals surface area contributed by atoms with E-state index in [4.69, 9.17) is 4.74 Å². The minimum atomic E-state index is -0.185. The van der Waals surface area contributed by atoms with Crippen molar-refractivity contribution in [3.05, 3.63) is 65.7 Å². The second kappa shape index (κ2) is 7.13. The van der Waals surface area contributed by atoms with E-state index < -0.39 is 0 Å². The SMILES string of the molecule is COc1cc(/C=C/C(=O)/C=C/c2cccc(O)c2)ccc1O. The third-order valence-corrected chi connectivity index (χ3v) is 2.95. The van der Waals surface area contributed by atoms with Crippen molar-refractivity contribution in [2.75, 3.05) is 7.11 Å². The Morgan fingerprint density at radius 3 is 2.32 bits per heavy atom. The van der Waals surface area contributed by atoms with Crippen molar-refractivity contribution >= 4 is 17.9 Å². The third kappa shape index (κ3) is 4.24. The number of allylic oxidation sites excluding steroid dienone is 2. The Balaban J connectivity index is 2.05. The van der Waals surface area contributed by atoms with Crippen molar-refractivity contribution in [3.63, 3.8) is 0 Å². The standard InChI is InChI=1S/C18H16O4/c1-22-18-12-14(7-10-17(18)21)6-9-15(19)8-5-13-3-2-4-16(20)11-13/h2-12,20-21H,1H3/b8-5+,9-6+. The predicted octanol–water partition coefficient (Wildman–Crippen LogP) is 3.40. The van der Waals surface area contributed by atoms with Gasteiger partial charge < -0.3 is 14.9 Å². The molecule has 0 fully saturated rings. The first-order valence-electron chi connectivity index (χ1n) is 6.64. The highest BCUT2D eigenvalue weighted by Gasteiger charge is 2.00. The molecule has 2 aromatic rings. The van der Waals surface area contributed by atoms with Gasteiger partial charge >= 0.3 is 0 Å². The maximum Gasteiger partial charge on any atom is 0.178 e. The molecular formula is C18H16O4. The molecule has 0 aromatic heterocycles. The van der Waals surface area contributed by atoms with E-state index in [2.05, 4.69) is 0 Å². The molecule has 0 saturated carbocycles. The number of carbonyl (C=O) groups excluding carboxylic acids is 1. The van der Waals surface area contributed by atoms with Crippen LogP contribution in [0.3, 0.4) is 0 Å². The van der Waals surface area contributed by atoms with E-state index in [0.29, 0.717) is 5.75 Å². The molecule has 0 saturated heterocycles. The van der Waals surface area contributed by atoms with E-state index in [-0.39, 0.29) is 17.3 Å². The Hall–Kier alpha value is -3.01. The van der Waals surface area contributed by atoms with Gasteiger partial charge in [-0.3, -0.25) is 4.79 Å². The predicted molar refractivity (Wildman–Crippen MR) is 85.8 cm³/mol. The molecule has 0 atom stereocenters. The van der Waals surface area contributed by atoms with E-state index in [0.717, 1.165) is 11.1 Å². The minimum absolute atomic E-state index is 0.0507. The number of aromatic hydroxyl groups is 2. The summed E-state index contributed by atoms with van der Waals surface area (Å²) in [7, 11) is 1.46. The number of rotatable bonds is 5. The van der Waals surface area contributed by atoms with Crippen molar-refractivity contribution in [1.29, 1.82) is 0 Å². The van der Waals surface area contributed by atoms with Gasteiger partial charge in [0.2, 0.25) is 0 Å². The van der Waals surface area contributed by atoms with Crippen LogP contribution in [0.25, 0.3) is 12.2 Å². The Morgan fingerprint density at radius 1 is 1.00 bits per heavy atom. The molecule has 0 aliphatic carbocycles. The summed E-state index contributed by atoms with van der Waals surface area (Å²) in [6.07, 6.45) is 6.11. The van der Waals surface area contributed by atoms with E-state index in [9.17, 15) is 15.0 Å². The van der Waals surface area contributed by atoms with E-state index in [1.807, 2.05) is 0 Å². The minimum Gasteiger partial charge on any atom is -0.508 e. The average molecular weight is 296 g/mol. The van der Waals surface area contributed by atoms with Crippen LogP contribution in [0.4, 0.5) is 0 Å². The highest BCUT2D eigenvalue weighted by molar-refractivity contribution is 6.04. The highest BCUT2D eigenvalue weighted by atomic mass is 16.5. The van der Waals surface area contributed by atoms with Crippen LogP contribution in [0.5, 0.6) is 17.2 Å². The molecule has 22 heavy (non-hydrogen) atoms. The molecule has 2 aromatic carbocycles. The van der Waals surface area contributed by atoms with Crippen molar-refractivity contribution < 1.29 is 19.7 Å². The average Bonchev–Trinajstić information content (AvgIpc) is 2.52. The number of hydrogen-bond donors (Lipinski definition) is 2. The fraction of sp³-hybridized carbons (Fsp3) is 0.0556. The summed E-state index contributed by atoms with van der Waals surface area (Å²) in [6, 6.07) is 11.5. The number of ether oxygens (including phenoxy) is 1. The second-order valence-electron chi connectivity index (χ2n) is 4.60. The van der Waals surface area contributed by atoms with Crippen LogP contribution in [0.2, 0.25) is 0 Å². The van der Waals surface area contributed by atoms with Gasteiger partial charge in [0.25, 0.3) is 0 Å². The normalized spacial score (nSPS) is 11.1. The van der Waals surface area contributed by atoms with Crippen LogP contribution in [-0.2, 0) is 4.79 Å². The van der Waals surface area contributed by atoms with Crippen LogP contribution in [-0.4, -0.2) is 23.1 Å². The topological polar surface area (TPSA) is 66.8 Å². The summed E-state index contributed by atoms with van der Waals surface area (Å²) in [5.41, 5.74) is 1.49. The van der Waals surface area contributed by atoms with Crippen molar-refractivity contribution in [1.82, 2.24) is 0 Å². The molecule has 0 aliphatic rings. The molecule has 0 spiro atoms. The van der Waals surface area contributed by atoms with Gasteiger partial charge in [-0.05, 0) is 47.5 Å². The molecule has 0 amide bonds. The van der Waals surface area contributed by atoms with Crippen LogP contribution >= 0.6 is 0 Å². The molecule has 0 bridgehead atoms. The largest absolute Gasteiger partial charge is 0.508 e. The van der Waals surface area contributed by atoms with Crippen molar-refractivity contribution in [3.8, 4) is 17.2 Å². The lowest BCUT2D eigenvalue weighted by atomic mass is 10.1. The Kier molecular flexibility index (Phi) is 4.98. The van der Waals surface area contributed by atoms with Gasteiger partial charge in [-0.15, -0.1) is 0 Å². The van der Waals surface area contributed by atoms with E-state index >= 15 is 0 Å². The zero-order valence-electron chi connectivity index (χ0n) is 12.1. The van der Waals surface area contributed by atoms with Gasteiger partial charge in [0.1, 0.15) is 5.75 Å². The Bertz CT molecular complexity index is 730. The molecule has 2 N–H and O–H groups in total. The first kappa shape index (κ1) is 15.4. The lowest BCUT2D eigenvalue weighted by molar-refractivity contribution is -0.110. The van der Waals surface area contributed by atoms with Crippen LogP contribution in [0.1, 0.15) is 11.1 Å². The molecule has 0 radical (unpaired) electrons. The van der Waals surface area contributed by atoms with Crippen LogP contribution in [0.15, 0.2) is 54.6 Å². The number of ketones is 1. The molecule has 0 unspecified atom stereocenters. The summed E-state index contributed by atoms with van der Waals surface area (Å²) in [6.45, 7) is 0. The zero-order valence-corrected chi connectivity index (χ0v) is 12.1. The molecule has 0 heterocycles. The quantitative estimate of drug-likeness (QED) is 0.830. The first-order chi connectivity index (χ1) is 10.6. The van der Waals surface area contributed by atoms with Gasteiger partial charge in [0.05, 0.1) is 7.11 Å². The number of phenols is 2. The van der Waals surface area contributed by atoms with E-state index in [1.165, 1.54) is 25.3 Å². The summed E-state index contributed by atoms with van der Waals surface area (Å²) in [5, 5.41) is 18.8. The molecule has 2 rings (SSSR count). The highest BCUT2D eigenvalue weighted by Crippen LogP contribution is 2.26. The summed E-state index contributed by atoms with van der Waals surface area (Å²) in [5.74, 6) is 0.372. The van der Waals surface area contributed by atoms with E-state index in [1.54, 1.807) is 48.6 Å². The molecular weight excluding hydrogens is 280 g/mol. The summed E-state index contributed by atoms with van der Waals surface area (Å²) < 4.78 is 5.00. The maximum absolute atomic E-state index is 11.8. The van der Waals surface area contributed by atoms with Gasteiger partial charge in [0.15, 0.2) is 17.3 Å².